The Labute approximate surface area is 121 Å². The zero-order valence-corrected chi connectivity index (χ0v) is 12.4. The summed E-state index contributed by atoms with van der Waals surface area (Å²) >= 11 is 3.29. The van der Waals surface area contributed by atoms with Crippen LogP contribution in [0.15, 0.2) is 47.2 Å². The molecule has 100 valence electrons. The fraction of sp³-hybridized carbons (Fsp3) is 0.267. The topological polar surface area (TPSA) is 16.1 Å². The lowest BCUT2D eigenvalue weighted by atomic mass is 10.1. The zero-order valence-electron chi connectivity index (χ0n) is 10.8. The monoisotopic (exact) mass is 322 g/mol. The predicted molar refractivity (Wildman–Crippen MR) is 78.4 cm³/mol. The fourth-order valence-corrected chi connectivity index (χ4v) is 2.30. The molecule has 0 unspecified atom stereocenters. The highest BCUT2D eigenvalue weighted by Gasteiger charge is 2.07. The molecule has 19 heavy (non-hydrogen) atoms. The molecule has 0 saturated carbocycles. The van der Waals surface area contributed by atoms with Crippen molar-refractivity contribution in [2.45, 2.75) is 13.0 Å². The van der Waals surface area contributed by atoms with Crippen molar-refractivity contribution in [1.29, 1.82) is 0 Å². The highest BCUT2D eigenvalue weighted by molar-refractivity contribution is 9.10. The summed E-state index contributed by atoms with van der Waals surface area (Å²) in [6.07, 6.45) is 4.57. The van der Waals surface area contributed by atoms with Crippen LogP contribution in [0.1, 0.15) is 11.1 Å². The van der Waals surface area contributed by atoms with Crippen molar-refractivity contribution in [1.82, 2.24) is 9.88 Å². The Morgan fingerprint density at radius 3 is 2.68 bits per heavy atom. The Balaban J connectivity index is 1.91. The third kappa shape index (κ3) is 4.11. The van der Waals surface area contributed by atoms with Crippen LogP contribution < -0.4 is 0 Å². The zero-order chi connectivity index (χ0) is 13.7. The Morgan fingerprint density at radius 2 is 1.95 bits per heavy atom. The summed E-state index contributed by atoms with van der Waals surface area (Å²) < 4.78 is 14.0. The molecule has 0 aliphatic carbocycles. The van der Waals surface area contributed by atoms with Crippen LogP contribution in [0.4, 0.5) is 4.39 Å². The van der Waals surface area contributed by atoms with Gasteiger partial charge in [0.05, 0.1) is 4.47 Å². The van der Waals surface area contributed by atoms with Gasteiger partial charge in [0.25, 0.3) is 0 Å². The summed E-state index contributed by atoms with van der Waals surface area (Å²) in [6.45, 7) is 1.65. The first-order valence-corrected chi connectivity index (χ1v) is 6.96. The van der Waals surface area contributed by atoms with Gasteiger partial charge in [-0.1, -0.05) is 12.1 Å². The summed E-state index contributed by atoms with van der Waals surface area (Å²) in [5.74, 6) is -0.208. The van der Waals surface area contributed by atoms with Crippen molar-refractivity contribution >= 4 is 15.9 Å². The van der Waals surface area contributed by atoms with E-state index in [2.05, 4.69) is 25.8 Å². The van der Waals surface area contributed by atoms with E-state index in [0.29, 0.717) is 4.47 Å². The normalized spacial score (nSPS) is 10.9. The lowest BCUT2D eigenvalue weighted by Crippen LogP contribution is -2.21. The van der Waals surface area contributed by atoms with Crippen LogP contribution in [-0.2, 0) is 13.0 Å². The quantitative estimate of drug-likeness (QED) is 0.835. The molecule has 2 aromatic rings. The van der Waals surface area contributed by atoms with Gasteiger partial charge in [-0.3, -0.25) is 4.98 Å². The molecule has 0 spiro atoms. The van der Waals surface area contributed by atoms with Gasteiger partial charge in [-0.2, -0.15) is 0 Å². The highest BCUT2D eigenvalue weighted by atomic mass is 79.9. The average Bonchev–Trinajstić information content (AvgIpc) is 2.43. The molecule has 0 saturated heterocycles. The minimum Gasteiger partial charge on any atom is -0.302 e. The molecule has 0 aliphatic rings. The summed E-state index contributed by atoms with van der Waals surface area (Å²) in [4.78, 5) is 6.18. The maximum atomic E-state index is 13.4. The van der Waals surface area contributed by atoms with Crippen molar-refractivity contribution in [3.63, 3.8) is 0 Å². The van der Waals surface area contributed by atoms with E-state index in [1.165, 1.54) is 11.6 Å². The molecular formula is C15H16BrFN2. The van der Waals surface area contributed by atoms with Gasteiger partial charge < -0.3 is 4.90 Å². The van der Waals surface area contributed by atoms with Gasteiger partial charge in [0, 0.05) is 25.5 Å². The first-order chi connectivity index (χ1) is 9.16. The number of benzene rings is 1. The molecule has 2 nitrogen and oxygen atoms in total. The van der Waals surface area contributed by atoms with E-state index in [1.54, 1.807) is 18.5 Å². The van der Waals surface area contributed by atoms with Gasteiger partial charge >= 0.3 is 0 Å². The Hall–Kier alpha value is -1.26. The molecule has 1 aromatic heterocycles. The van der Waals surface area contributed by atoms with Gasteiger partial charge in [-0.15, -0.1) is 0 Å². The maximum Gasteiger partial charge on any atom is 0.137 e. The van der Waals surface area contributed by atoms with Crippen LogP contribution in [0.3, 0.4) is 0 Å². The van der Waals surface area contributed by atoms with Gasteiger partial charge in [0.1, 0.15) is 5.82 Å². The van der Waals surface area contributed by atoms with Crippen molar-refractivity contribution < 1.29 is 4.39 Å². The molecule has 0 aliphatic heterocycles. The highest BCUT2D eigenvalue weighted by Crippen LogP contribution is 2.21. The van der Waals surface area contributed by atoms with Crippen LogP contribution in [-0.4, -0.2) is 23.5 Å². The van der Waals surface area contributed by atoms with Gasteiger partial charge in [-0.25, -0.2) is 4.39 Å². The van der Waals surface area contributed by atoms with E-state index in [0.717, 1.165) is 25.1 Å². The van der Waals surface area contributed by atoms with Crippen LogP contribution in [0.5, 0.6) is 0 Å². The average molecular weight is 323 g/mol. The first-order valence-electron chi connectivity index (χ1n) is 6.17. The van der Waals surface area contributed by atoms with Crippen molar-refractivity contribution in [2.24, 2.45) is 0 Å². The van der Waals surface area contributed by atoms with E-state index >= 15 is 0 Å². The van der Waals surface area contributed by atoms with E-state index in [1.807, 2.05) is 25.2 Å². The molecular weight excluding hydrogens is 307 g/mol. The van der Waals surface area contributed by atoms with Crippen LogP contribution in [0.2, 0.25) is 0 Å². The lowest BCUT2D eigenvalue weighted by molar-refractivity contribution is 0.330. The second-order valence-corrected chi connectivity index (χ2v) is 5.35. The number of aromatic nitrogens is 1. The van der Waals surface area contributed by atoms with Crippen molar-refractivity contribution in [3.8, 4) is 0 Å². The Kier molecular flexibility index (Phi) is 5.05. The fourth-order valence-electron chi connectivity index (χ4n) is 1.91. The molecule has 0 bridgehead atoms. The van der Waals surface area contributed by atoms with E-state index in [-0.39, 0.29) is 5.82 Å². The predicted octanol–water partition coefficient (Wildman–Crippen LogP) is 3.66. The molecule has 1 heterocycles. The number of pyridine rings is 1. The molecule has 0 radical (unpaired) electrons. The number of rotatable bonds is 5. The number of halogens is 2. The minimum atomic E-state index is -0.208. The molecule has 4 heteroatoms. The van der Waals surface area contributed by atoms with Gasteiger partial charge in [-0.05, 0) is 58.7 Å². The minimum absolute atomic E-state index is 0.208. The Morgan fingerprint density at radius 1 is 1.21 bits per heavy atom. The van der Waals surface area contributed by atoms with Gasteiger partial charge in [0.2, 0.25) is 0 Å². The third-order valence-corrected chi connectivity index (χ3v) is 3.89. The summed E-state index contributed by atoms with van der Waals surface area (Å²) in [5, 5.41) is 0. The SMILES string of the molecule is CN(CCc1ccncc1)Cc1cccc(F)c1Br. The molecule has 0 N–H and O–H groups in total. The van der Waals surface area contributed by atoms with E-state index < -0.39 is 0 Å². The first kappa shape index (κ1) is 14.2. The second kappa shape index (κ2) is 6.78. The van der Waals surface area contributed by atoms with Gasteiger partial charge in [0.15, 0.2) is 0 Å². The van der Waals surface area contributed by atoms with E-state index in [4.69, 9.17) is 0 Å². The molecule has 0 amide bonds. The van der Waals surface area contributed by atoms with E-state index in [9.17, 15) is 4.39 Å². The number of hydrogen-bond acceptors (Lipinski definition) is 2. The van der Waals surface area contributed by atoms with Crippen LogP contribution in [0, 0.1) is 5.82 Å². The number of likely N-dealkylation sites (N-methyl/N-ethyl adjacent to an activating group) is 1. The van der Waals surface area contributed by atoms with Crippen molar-refractivity contribution in [2.75, 3.05) is 13.6 Å². The van der Waals surface area contributed by atoms with Crippen LogP contribution >= 0.6 is 15.9 Å². The molecule has 0 atom stereocenters. The number of nitrogens with zero attached hydrogens (tertiary/aromatic N) is 2. The Bertz CT molecular complexity index is 531. The smallest absolute Gasteiger partial charge is 0.137 e. The molecule has 2 rings (SSSR count). The largest absolute Gasteiger partial charge is 0.302 e. The molecule has 1 aromatic carbocycles. The third-order valence-electron chi connectivity index (χ3n) is 3.00. The second-order valence-electron chi connectivity index (χ2n) is 4.56. The summed E-state index contributed by atoms with van der Waals surface area (Å²) in [6, 6.07) is 9.19. The lowest BCUT2D eigenvalue weighted by Gasteiger charge is -2.17. The summed E-state index contributed by atoms with van der Waals surface area (Å²) in [5.41, 5.74) is 2.23. The maximum absolute atomic E-state index is 13.4. The van der Waals surface area contributed by atoms with Crippen LogP contribution in [0.25, 0.3) is 0 Å². The standard InChI is InChI=1S/C15H16BrFN2/c1-19(10-7-12-5-8-18-9-6-12)11-13-3-2-4-14(17)15(13)16/h2-6,8-9H,7,10-11H2,1H3. The molecule has 0 fully saturated rings. The van der Waals surface area contributed by atoms with Crippen molar-refractivity contribution in [3.05, 3.63) is 64.1 Å². The number of hydrogen-bond donors (Lipinski definition) is 0. The summed E-state index contributed by atoms with van der Waals surface area (Å²) in [7, 11) is 2.04.